The van der Waals surface area contributed by atoms with Crippen LogP contribution in [0.15, 0.2) is 47.3 Å². The highest BCUT2D eigenvalue weighted by molar-refractivity contribution is 6.32. The Balaban J connectivity index is 1.58. The van der Waals surface area contributed by atoms with Crippen molar-refractivity contribution in [3.63, 3.8) is 0 Å². The number of hydrogen-bond donors (Lipinski definition) is 1. The van der Waals surface area contributed by atoms with Gasteiger partial charge in [-0.25, -0.2) is 4.68 Å². The predicted molar refractivity (Wildman–Crippen MR) is 118 cm³/mol. The molecule has 1 N–H and O–H groups in total. The van der Waals surface area contributed by atoms with Crippen LogP contribution in [0.2, 0.25) is 5.02 Å². The maximum atomic E-state index is 13.1. The summed E-state index contributed by atoms with van der Waals surface area (Å²) in [6.07, 6.45) is -3.85. The van der Waals surface area contributed by atoms with Crippen LogP contribution in [0.25, 0.3) is 5.69 Å². The van der Waals surface area contributed by atoms with Gasteiger partial charge < -0.3 is 14.8 Å². The van der Waals surface area contributed by atoms with Gasteiger partial charge in [0.05, 0.1) is 29.5 Å². The predicted octanol–water partition coefficient (Wildman–Crippen LogP) is 4.30. The second kappa shape index (κ2) is 9.38. The minimum atomic E-state index is -4.55. The normalized spacial score (nSPS) is 13.3. The average molecular weight is 494 g/mol. The molecule has 178 valence electrons. The highest BCUT2D eigenvalue weighted by Gasteiger charge is 2.30. The lowest BCUT2D eigenvalue weighted by molar-refractivity contribution is -0.137. The molecule has 1 aliphatic rings. The minimum Gasteiger partial charge on any atom is -0.489 e. The molecule has 7 nitrogen and oxygen atoms in total. The first-order valence-electron chi connectivity index (χ1n) is 10.3. The summed E-state index contributed by atoms with van der Waals surface area (Å²) in [5.74, 6) is 0.0991. The van der Waals surface area contributed by atoms with Gasteiger partial charge in [-0.15, -0.1) is 0 Å². The SMILES string of the molecule is Cc1cc(=O)c(C(=O)NCc2cc(Cl)c3c(c2)OCCCO3)nn1-c1cccc(C(F)(F)F)c1. The molecule has 0 fully saturated rings. The fourth-order valence-electron chi connectivity index (χ4n) is 3.43. The highest BCUT2D eigenvalue weighted by atomic mass is 35.5. The van der Waals surface area contributed by atoms with E-state index in [0.717, 1.165) is 22.9 Å². The van der Waals surface area contributed by atoms with Gasteiger partial charge in [0.25, 0.3) is 5.91 Å². The van der Waals surface area contributed by atoms with Gasteiger partial charge in [0.15, 0.2) is 17.2 Å². The number of rotatable bonds is 4. The maximum absolute atomic E-state index is 13.1. The van der Waals surface area contributed by atoms with Gasteiger partial charge in [-0.1, -0.05) is 17.7 Å². The van der Waals surface area contributed by atoms with Crippen LogP contribution in [0.1, 0.15) is 33.7 Å². The van der Waals surface area contributed by atoms with Crippen LogP contribution in [0.5, 0.6) is 11.5 Å². The van der Waals surface area contributed by atoms with E-state index in [1.165, 1.54) is 19.1 Å². The van der Waals surface area contributed by atoms with E-state index in [2.05, 4.69) is 10.4 Å². The van der Waals surface area contributed by atoms with Gasteiger partial charge in [-0.05, 0) is 42.8 Å². The molecule has 0 saturated carbocycles. The van der Waals surface area contributed by atoms with Crippen molar-refractivity contribution in [2.45, 2.75) is 26.1 Å². The number of aryl methyl sites for hydroxylation is 1. The summed E-state index contributed by atoms with van der Waals surface area (Å²) in [6.45, 7) is 2.45. The van der Waals surface area contributed by atoms with Gasteiger partial charge in [-0.3, -0.25) is 9.59 Å². The molecule has 0 unspecified atom stereocenters. The Bertz CT molecular complexity index is 1310. The molecule has 2 aromatic carbocycles. The van der Waals surface area contributed by atoms with E-state index in [0.29, 0.717) is 41.7 Å². The molecule has 3 aromatic rings. The van der Waals surface area contributed by atoms with Crippen molar-refractivity contribution in [2.75, 3.05) is 13.2 Å². The number of fused-ring (bicyclic) bond motifs is 1. The molecule has 0 aliphatic carbocycles. The van der Waals surface area contributed by atoms with Crippen molar-refractivity contribution in [3.8, 4) is 17.2 Å². The first-order chi connectivity index (χ1) is 16.1. The van der Waals surface area contributed by atoms with Crippen LogP contribution in [0.4, 0.5) is 13.2 Å². The summed E-state index contributed by atoms with van der Waals surface area (Å²) >= 11 is 6.26. The number of nitrogens with zero attached hydrogens (tertiary/aromatic N) is 2. The number of hydrogen-bond acceptors (Lipinski definition) is 5. The molecule has 0 saturated heterocycles. The van der Waals surface area contributed by atoms with E-state index < -0.39 is 28.8 Å². The van der Waals surface area contributed by atoms with E-state index in [9.17, 15) is 22.8 Å². The van der Waals surface area contributed by atoms with E-state index in [1.54, 1.807) is 12.1 Å². The number of carbonyl (C=O) groups excluding carboxylic acids is 1. The molecule has 1 amide bonds. The Morgan fingerprint density at radius 2 is 1.94 bits per heavy atom. The van der Waals surface area contributed by atoms with Crippen molar-refractivity contribution in [1.29, 1.82) is 0 Å². The van der Waals surface area contributed by atoms with Gasteiger partial charge in [0, 0.05) is 24.7 Å². The van der Waals surface area contributed by atoms with Crippen LogP contribution >= 0.6 is 11.6 Å². The summed E-state index contributed by atoms with van der Waals surface area (Å²) in [4.78, 5) is 25.1. The molecule has 0 radical (unpaired) electrons. The van der Waals surface area contributed by atoms with Crippen LogP contribution in [0.3, 0.4) is 0 Å². The maximum Gasteiger partial charge on any atom is 0.416 e. The Morgan fingerprint density at radius 3 is 2.71 bits per heavy atom. The zero-order valence-corrected chi connectivity index (χ0v) is 18.7. The number of amides is 1. The summed E-state index contributed by atoms with van der Waals surface area (Å²) < 4.78 is 51.6. The summed E-state index contributed by atoms with van der Waals surface area (Å²) in [5, 5.41) is 6.94. The van der Waals surface area contributed by atoms with Crippen molar-refractivity contribution in [2.24, 2.45) is 0 Å². The van der Waals surface area contributed by atoms with Crippen LogP contribution in [-0.2, 0) is 12.7 Å². The topological polar surface area (TPSA) is 82.5 Å². The molecule has 11 heteroatoms. The Morgan fingerprint density at radius 1 is 1.18 bits per heavy atom. The molecule has 0 bridgehead atoms. The number of ether oxygens (including phenoxy) is 2. The van der Waals surface area contributed by atoms with Crippen LogP contribution in [-0.4, -0.2) is 28.9 Å². The number of benzene rings is 2. The molecule has 0 atom stereocenters. The van der Waals surface area contributed by atoms with Crippen molar-refractivity contribution in [1.82, 2.24) is 15.1 Å². The van der Waals surface area contributed by atoms with Crippen LogP contribution < -0.4 is 20.2 Å². The Kier molecular flexibility index (Phi) is 6.52. The summed E-state index contributed by atoms with van der Waals surface area (Å²) in [5.41, 5.74) is -1.04. The quantitative estimate of drug-likeness (QED) is 0.586. The van der Waals surface area contributed by atoms with Gasteiger partial charge in [0.2, 0.25) is 5.43 Å². The number of aromatic nitrogens is 2. The van der Waals surface area contributed by atoms with Gasteiger partial charge >= 0.3 is 6.18 Å². The number of nitrogens with one attached hydrogen (secondary N) is 1. The molecule has 4 rings (SSSR count). The number of carbonyl (C=O) groups is 1. The van der Waals surface area contributed by atoms with E-state index >= 15 is 0 Å². The number of alkyl halides is 3. The zero-order chi connectivity index (χ0) is 24.5. The Hall–Kier alpha value is -3.53. The lowest BCUT2D eigenvalue weighted by atomic mass is 10.2. The first-order valence-corrected chi connectivity index (χ1v) is 10.7. The molecular weight excluding hydrogens is 475 g/mol. The lowest BCUT2D eigenvalue weighted by Crippen LogP contribution is -2.31. The second-order valence-corrected chi connectivity index (χ2v) is 8.00. The van der Waals surface area contributed by atoms with Crippen molar-refractivity contribution < 1.29 is 27.4 Å². The molecule has 2 heterocycles. The Labute approximate surface area is 197 Å². The largest absolute Gasteiger partial charge is 0.489 e. The summed E-state index contributed by atoms with van der Waals surface area (Å²) in [7, 11) is 0. The third-order valence-electron chi connectivity index (χ3n) is 5.06. The summed E-state index contributed by atoms with van der Waals surface area (Å²) in [6, 6.07) is 8.88. The highest BCUT2D eigenvalue weighted by Crippen LogP contribution is 2.38. The smallest absolute Gasteiger partial charge is 0.416 e. The molecule has 1 aromatic heterocycles. The molecule has 34 heavy (non-hydrogen) atoms. The zero-order valence-electron chi connectivity index (χ0n) is 17.9. The number of halogens is 4. The fourth-order valence-corrected chi connectivity index (χ4v) is 3.72. The van der Waals surface area contributed by atoms with E-state index in [4.69, 9.17) is 21.1 Å². The third-order valence-corrected chi connectivity index (χ3v) is 5.34. The van der Waals surface area contributed by atoms with Crippen molar-refractivity contribution in [3.05, 3.63) is 80.2 Å². The molecule has 0 spiro atoms. The van der Waals surface area contributed by atoms with E-state index in [1.807, 2.05) is 0 Å². The van der Waals surface area contributed by atoms with Gasteiger partial charge in [-0.2, -0.15) is 18.3 Å². The first kappa shape index (κ1) is 23.6. The fraction of sp³-hybridized carbons (Fsp3) is 0.261. The van der Waals surface area contributed by atoms with Crippen LogP contribution in [0, 0.1) is 6.92 Å². The third kappa shape index (κ3) is 5.01. The molecular formula is C23H19ClF3N3O4. The van der Waals surface area contributed by atoms with Gasteiger partial charge in [0.1, 0.15) is 0 Å². The van der Waals surface area contributed by atoms with E-state index in [-0.39, 0.29) is 17.9 Å². The van der Waals surface area contributed by atoms with Crippen molar-refractivity contribution >= 4 is 17.5 Å². The standard InChI is InChI=1S/C23H19ClF3N3O4/c1-13-8-18(31)20(29-30(13)16-5-2-4-15(11-16)23(25,26)27)22(32)28-12-14-9-17(24)21-19(10-14)33-6-3-7-34-21/h2,4-5,8-11H,3,6-7,12H2,1H3,(H,28,32). The lowest BCUT2D eigenvalue weighted by Gasteiger charge is -2.14. The molecule has 1 aliphatic heterocycles. The monoisotopic (exact) mass is 493 g/mol. The minimum absolute atomic E-state index is 0.00769. The average Bonchev–Trinajstić information content (AvgIpc) is 3.03. The second-order valence-electron chi connectivity index (χ2n) is 7.60.